The second-order valence-corrected chi connectivity index (χ2v) is 9.25. The zero-order valence-corrected chi connectivity index (χ0v) is 18.0. The van der Waals surface area contributed by atoms with Crippen molar-refractivity contribution in [1.29, 1.82) is 0 Å². The van der Waals surface area contributed by atoms with Crippen LogP contribution < -0.4 is 10.1 Å². The Balaban J connectivity index is 1.65. The normalized spacial score (nSPS) is 15.8. The number of sulfonamides is 1. The summed E-state index contributed by atoms with van der Waals surface area (Å²) in [5.41, 5.74) is 1.13. The fourth-order valence-corrected chi connectivity index (χ4v) is 4.69. The number of piperazine rings is 1. The summed E-state index contributed by atoms with van der Waals surface area (Å²) in [5, 5.41) is 3.24. The molecule has 7 nitrogen and oxygen atoms in total. The van der Waals surface area contributed by atoms with Gasteiger partial charge >= 0.3 is 0 Å². The lowest BCUT2D eigenvalue weighted by Gasteiger charge is -2.31. The first-order valence-corrected chi connectivity index (χ1v) is 11.0. The van der Waals surface area contributed by atoms with Crippen molar-refractivity contribution in [3.63, 3.8) is 0 Å². The predicted octanol–water partition coefficient (Wildman–Crippen LogP) is 2.21. The van der Waals surface area contributed by atoms with E-state index in [1.165, 1.54) is 11.4 Å². The van der Waals surface area contributed by atoms with Crippen LogP contribution in [-0.4, -0.2) is 63.9 Å². The highest BCUT2D eigenvalue weighted by Crippen LogP contribution is 2.23. The van der Waals surface area contributed by atoms with Crippen LogP contribution in [0.2, 0.25) is 5.02 Å². The highest BCUT2D eigenvalue weighted by molar-refractivity contribution is 7.89. The molecule has 0 aliphatic carbocycles. The zero-order chi connectivity index (χ0) is 21.0. The molecule has 1 N–H and O–H groups in total. The van der Waals surface area contributed by atoms with Crippen molar-refractivity contribution in [2.75, 3.05) is 40.3 Å². The average Bonchev–Trinajstić information content (AvgIpc) is 2.72. The Hall–Kier alpha value is -2.13. The van der Waals surface area contributed by atoms with Crippen LogP contribution in [0.5, 0.6) is 5.75 Å². The summed E-state index contributed by atoms with van der Waals surface area (Å²) in [6.45, 7) is 2.66. The van der Waals surface area contributed by atoms with Crippen molar-refractivity contribution in [2.45, 2.75) is 11.4 Å². The van der Waals surface area contributed by atoms with E-state index in [0.717, 1.165) is 18.7 Å². The van der Waals surface area contributed by atoms with Crippen LogP contribution in [0.25, 0.3) is 0 Å². The van der Waals surface area contributed by atoms with Gasteiger partial charge in [-0.25, -0.2) is 8.42 Å². The summed E-state index contributed by atoms with van der Waals surface area (Å²) in [5.74, 6) is 0.110. The number of carbonyl (C=O) groups excluding carboxylic acids is 1. The first kappa shape index (κ1) is 21.6. The van der Waals surface area contributed by atoms with Crippen molar-refractivity contribution < 1.29 is 17.9 Å². The minimum atomic E-state index is -3.50. The van der Waals surface area contributed by atoms with Gasteiger partial charge in [0.1, 0.15) is 5.75 Å². The lowest BCUT2D eigenvalue weighted by molar-refractivity contribution is 0.0948. The maximum atomic E-state index is 12.8. The second kappa shape index (κ2) is 9.13. The Morgan fingerprint density at radius 2 is 1.76 bits per heavy atom. The van der Waals surface area contributed by atoms with E-state index in [4.69, 9.17) is 16.3 Å². The van der Waals surface area contributed by atoms with Crippen molar-refractivity contribution in [1.82, 2.24) is 14.5 Å². The summed E-state index contributed by atoms with van der Waals surface area (Å²) in [6, 6.07) is 11.4. The van der Waals surface area contributed by atoms with Gasteiger partial charge < -0.3 is 15.0 Å². The fraction of sp³-hybridized carbons (Fsp3) is 0.350. The highest BCUT2D eigenvalue weighted by atomic mass is 35.5. The molecule has 0 spiro atoms. The number of ether oxygens (including phenoxy) is 1. The van der Waals surface area contributed by atoms with E-state index < -0.39 is 10.0 Å². The maximum absolute atomic E-state index is 12.8. The lowest BCUT2D eigenvalue weighted by atomic mass is 10.1. The summed E-state index contributed by atoms with van der Waals surface area (Å²) in [7, 11) is -0.0383. The molecule has 1 heterocycles. The van der Waals surface area contributed by atoms with Gasteiger partial charge in [0.15, 0.2) is 0 Å². The Morgan fingerprint density at radius 1 is 1.10 bits per heavy atom. The van der Waals surface area contributed by atoms with Gasteiger partial charge in [-0.3, -0.25) is 4.79 Å². The summed E-state index contributed by atoms with van der Waals surface area (Å²) in [4.78, 5) is 14.8. The molecule has 2 aromatic rings. The molecule has 0 radical (unpaired) electrons. The van der Waals surface area contributed by atoms with E-state index in [-0.39, 0.29) is 17.3 Å². The molecule has 1 amide bonds. The monoisotopic (exact) mass is 437 g/mol. The van der Waals surface area contributed by atoms with Crippen LogP contribution in [0.4, 0.5) is 0 Å². The van der Waals surface area contributed by atoms with Crippen LogP contribution in [0, 0.1) is 0 Å². The number of nitrogens with one attached hydrogen (secondary N) is 1. The first-order chi connectivity index (χ1) is 13.8. The summed E-state index contributed by atoms with van der Waals surface area (Å²) in [6.07, 6.45) is 0. The number of rotatable bonds is 6. The second-order valence-electron chi connectivity index (χ2n) is 6.88. The Bertz CT molecular complexity index is 972. The summed E-state index contributed by atoms with van der Waals surface area (Å²) < 4.78 is 32.2. The molecule has 1 aliphatic rings. The Kier molecular flexibility index (Phi) is 6.79. The van der Waals surface area contributed by atoms with E-state index >= 15 is 0 Å². The van der Waals surface area contributed by atoms with Gasteiger partial charge in [0.05, 0.1) is 17.6 Å². The first-order valence-electron chi connectivity index (χ1n) is 9.20. The molecule has 0 unspecified atom stereocenters. The van der Waals surface area contributed by atoms with E-state index in [0.29, 0.717) is 29.4 Å². The largest absolute Gasteiger partial charge is 0.496 e. The molecule has 1 fully saturated rings. The van der Waals surface area contributed by atoms with Crippen molar-refractivity contribution in [3.05, 3.63) is 58.6 Å². The van der Waals surface area contributed by atoms with E-state index in [1.54, 1.807) is 42.5 Å². The lowest BCUT2D eigenvalue weighted by Crippen LogP contribution is -2.47. The Morgan fingerprint density at radius 3 is 2.38 bits per heavy atom. The van der Waals surface area contributed by atoms with Crippen LogP contribution in [0.3, 0.4) is 0 Å². The van der Waals surface area contributed by atoms with Gasteiger partial charge in [0.2, 0.25) is 10.0 Å². The number of halogens is 1. The number of benzene rings is 2. The third kappa shape index (κ3) is 5.08. The molecule has 0 saturated carbocycles. The molecule has 156 valence electrons. The molecule has 0 atom stereocenters. The topological polar surface area (TPSA) is 78.9 Å². The molecular formula is C20H24ClN3O4S. The average molecular weight is 438 g/mol. The molecule has 1 saturated heterocycles. The number of amides is 1. The van der Waals surface area contributed by atoms with Crippen LogP contribution >= 0.6 is 11.6 Å². The third-order valence-corrected chi connectivity index (χ3v) is 7.03. The number of hydrogen-bond donors (Lipinski definition) is 1. The van der Waals surface area contributed by atoms with Crippen molar-refractivity contribution in [3.8, 4) is 5.75 Å². The predicted molar refractivity (Wildman–Crippen MR) is 112 cm³/mol. The number of carbonyl (C=O) groups is 1. The smallest absolute Gasteiger partial charge is 0.255 e. The molecular weight excluding hydrogens is 414 g/mol. The Labute approximate surface area is 176 Å². The SMILES string of the molecule is COc1ccc(Cl)cc1C(=O)NCc1ccc(S(=O)(=O)N2CCN(C)CC2)cc1. The molecule has 0 bridgehead atoms. The zero-order valence-electron chi connectivity index (χ0n) is 16.4. The van der Waals surface area contributed by atoms with Crippen LogP contribution in [0.15, 0.2) is 47.4 Å². The third-order valence-electron chi connectivity index (χ3n) is 4.88. The molecule has 1 aliphatic heterocycles. The molecule has 29 heavy (non-hydrogen) atoms. The minimum absolute atomic E-state index is 0.253. The number of likely N-dealkylation sites (N-methyl/N-ethyl adjacent to an activating group) is 1. The van der Waals surface area contributed by atoms with E-state index in [9.17, 15) is 13.2 Å². The van der Waals surface area contributed by atoms with Crippen LogP contribution in [-0.2, 0) is 16.6 Å². The number of methoxy groups -OCH3 is 1. The molecule has 0 aromatic heterocycles. The molecule has 3 rings (SSSR count). The van der Waals surface area contributed by atoms with Gasteiger partial charge in [-0.2, -0.15) is 4.31 Å². The molecule has 2 aromatic carbocycles. The van der Waals surface area contributed by atoms with Crippen LogP contribution in [0.1, 0.15) is 15.9 Å². The minimum Gasteiger partial charge on any atom is -0.496 e. The highest BCUT2D eigenvalue weighted by Gasteiger charge is 2.27. The number of hydrogen-bond acceptors (Lipinski definition) is 5. The quantitative estimate of drug-likeness (QED) is 0.749. The summed E-state index contributed by atoms with van der Waals surface area (Å²) >= 11 is 5.97. The van der Waals surface area contributed by atoms with Gasteiger partial charge in [-0.15, -0.1) is 0 Å². The fourth-order valence-electron chi connectivity index (χ4n) is 3.09. The molecule has 9 heteroatoms. The standard InChI is InChI=1S/C20H24ClN3O4S/c1-23-9-11-24(12-10-23)29(26,27)17-6-3-15(4-7-17)14-22-20(25)18-13-16(21)5-8-19(18)28-2/h3-8,13H,9-12,14H2,1-2H3,(H,22,25). The van der Waals surface area contributed by atoms with E-state index in [1.807, 2.05) is 7.05 Å². The van der Waals surface area contributed by atoms with Gasteiger partial charge in [0.25, 0.3) is 5.91 Å². The van der Waals surface area contributed by atoms with E-state index in [2.05, 4.69) is 10.2 Å². The van der Waals surface area contributed by atoms with Gasteiger partial charge in [0, 0.05) is 37.7 Å². The van der Waals surface area contributed by atoms with Crippen molar-refractivity contribution in [2.24, 2.45) is 0 Å². The number of nitrogens with zero attached hydrogens (tertiary/aromatic N) is 2. The van der Waals surface area contributed by atoms with Gasteiger partial charge in [-0.05, 0) is 42.9 Å². The maximum Gasteiger partial charge on any atom is 0.255 e. The van der Waals surface area contributed by atoms with Gasteiger partial charge in [-0.1, -0.05) is 23.7 Å². The van der Waals surface area contributed by atoms with Crippen molar-refractivity contribution >= 4 is 27.5 Å².